The zero-order chi connectivity index (χ0) is 26.3. The SMILES string of the molecule is CCOc1ccc2c(c1)c(CCC(=O)O)cn2S(=O)(=O)c1sc(C)cc1-c1ccc(C(F)(F)F)cc1. The second kappa shape index (κ2) is 9.62. The molecule has 0 aliphatic rings. The number of carbonyl (C=O) groups is 1. The predicted octanol–water partition coefficient (Wildman–Crippen LogP) is 6.35. The van der Waals surface area contributed by atoms with Gasteiger partial charge < -0.3 is 9.84 Å². The molecule has 6 nitrogen and oxygen atoms in total. The molecule has 0 saturated heterocycles. The fourth-order valence-electron chi connectivity index (χ4n) is 3.96. The van der Waals surface area contributed by atoms with Crippen LogP contribution >= 0.6 is 11.3 Å². The first-order valence-corrected chi connectivity index (χ1v) is 13.2. The summed E-state index contributed by atoms with van der Waals surface area (Å²) >= 11 is 1.02. The van der Waals surface area contributed by atoms with Crippen LogP contribution in [0.3, 0.4) is 0 Å². The van der Waals surface area contributed by atoms with Crippen molar-refractivity contribution in [3.8, 4) is 16.9 Å². The van der Waals surface area contributed by atoms with Gasteiger partial charge in [0.25, 0.3) is 10.0 Å². The van der Waals surface area contributed by atoms with Crippen LogP contribution in [0, 0.1) is 6.92 Å². The Bertz CT molecular complexity index is 1530. The molecule has 4 rings (SSSR count). The van der Waals surface area contributed by atoms with Crippen molar-refractivity contribution >= 4 is 38.2 Å². The highest BCUT2D eigenvalue weighted by atomic mass is 32.2. The van der Waals surface area contributed by atoms with Crippen molar-refractivity contribution in [3.05, 3.63) is 70.7 Å². The molecule has 0 fully saturated rings. The largest absolute Gasteiger partial charge is 0.494 e. The molecular formula is C25H22F3NO5S2. The average molecular weight is 538 g/mol. The molecular weight excluding hydrogens is 515 g/mol. The Kier molecular flexibility index (Phi) is 6.89. The molecule has 2 aromatic carbocycles. The fourth-order valence-corrected chi connectivity index (χ4v) is 7.08. The maximum Gasteiger partial charge on any atom is 0.416 e. The number of carboxylic acids is 1. The quantitative estimate of drug-likeness (QED) is 0.283. The van der Waals surface area contributed by atoms with Gasteiger partial charge in [-0.2, -0.15) is 21.6 Å². The van der Waals surface area contributed by atoms with Crippen LogP contribution in [0.1, 0.15) is 29.3 Å². The van der Waals surface area contributed by atoms with Crippen molar-refractivity contribution in [3.63, 3.8) is 0 Å². The lowest BCUT2D eigenvalue weighted by molar-refractivity contribution is -0.138. The lowest BCUT2D eigenvalue weighted by atomic mass is 10.1. The number of thiophene rings is 1. The second-order valence-corrected chi connectivity index (χ2v) is 11.4. The van der Waals surface area contributed by atoms with Gasteiger partial charge in [-0.25, -0.2) is 3.97 Å². The Balaban J connectivity index is 1.86. The third kappa shape index (κ3) is 4.98. The normalized spacial score (nSPS) is 12.2. The summed E-state index contributed by atoms with van der Waals surface area (Å²) in [5.74, 6) is -0.493. The number of carboxylic acid groups (broad SMARTS) is 1. The first-order chi connectivity index (χ1) is 16.9. The standard InChI is InChI=1S/C25H22F3NO5S2/c1-3-34-19-9-10-22-20(13-19)17(6-11-23(30)31)14-29(22)36(32,33)24-21(12-15(2)35-24)16-4-7-18(8-5-16)25(26,27)28/h4-5,7-10,12-14H,3,6,11H2,1-2H3,(H,30,31). The number of ether oxygens (including phenoxy) is 1. The van der Waals surface area contributed by atoms with Gasteiger partial charge in [-0.3, -0.25) is 4.79 Å². The van der Waals surface area contributed by atoms with E-state index in [9.17, 15) is 26.4 Å². The number of aromatic nitrogens is 1. The van der Waals surface area contributed by atoms with Gasteiger partial charge in [-0.15, -0.1) is 11.3 Å². The summed E-state index contributed by atoms with van der Waals surface area (Å²) in [6.45, 7) is 3.94. The molecule has 0 aliphatic carbocycles. The molecule has 0 bridgehead atoms. The summed E-state index contributed by atoms with van der Waals surface area (Å²) in [5.41, 5.74) is 0.690. The topological polar surface area (TPSA) is 85.6 Å². The van der Waals surface area contributed by atoms with Gasteiger partial charge in [0.15, 0.2) is 0 Å². The summed E-state index contributed by atoms with van der Waals surface area (Å²) in [5, 5.41) is 9.70. The van der Waals surface area contributed by atoms with Gasteiger partial charge in [0.1, 0.15) is 9.96 Å². The molecule has 1 N–H and O–H groups in total. The molecule has 2 aromatic heterocycles. The highest BCUT2D eigenvalue weighted by molar-refractivity contribution is 7.92. The summed E-state index contributed by atoms with van der Waals surface area (Å²) in [6.07, 6.45) is -3.18. The fraction of sp³-hybridized carbons (Fsp3) is 0.240. The number of hydrogen-bond donors (Lipinski definition) is 1. The average Bonchev–Trinajstić information content (AvgIpc) is 3.39. The molecule has 190 valence electrons. The second-order valence-electron chi connectivity index (χ2n) is 8.09. The zero-order valence-corrected chi connectivity index (χ0v) is 20.9. The number of benzene rings is 2. The Labute approximate surface area is 209 Å². The van der Waals surface area contributed by atoms with Gasteiger partial charge in [0.2, 0.25) is 0 Å². The molecule has 4 aromatic rings. The number of aliphatic carboxylic acids is 1. The van der Waals surface area contributed by atoms with Crippen molar-refractivity contribution in [2.45, 2.75) is 37.1 Å². The lowest BCUT2D eigenvalue weighted by Crippen LogP contribution is -2.11. The van der Waals surface area contributed by atoms with Gasteiger partial charge in [-0.05, 0) is 67.8 Å². The van der Waals surface area contributed by atoms with E-state index in [0.717, 1.165) is 27.4 Å². The maximum atomic E-state index is 13.9. The van der Waals surface area contributed by atoms with Crippen molar-refractivity contribution in [2.75, 3.05) is 6.61 Å². The minimum absolute atomic E-state index is 0.0182. The van der Waals surface area contributed by atoms with Crippen LogP contribution in [-0.4, -0.2) is 30.1 Å². The summed E-state index contributed by atoms with van der Waals surface area (Å²) in [4.78, 5) is 11.8. The first-order valence-electron chi connectivity index (χ1n) is 10.9. The van der Waals surface area contributed by atoms with E-state index in [1.165, 1.54) is 18.3 Å². The van der Waals surface area contributed by atoms with Crippen molar-refractivity contribution in [1.29, 1.82) is 0 Å². The number of rotatable bonds is 8. The molecule has 0 amide bonds. The lowest BCUT2D eigenvalue weighted by Gasteiger charge is -2.10. The molecule has 0 unspecified atom stereocenters. The number of halogens is 3. The van der Waals surface area contributed by atoms with E-state index in [2.05, 4.69) is 0 Å². The van der Waals surface area contributed by atoms with Gasteiger partial charge in [0.05, 0.1) is 17.7 Å². The summed E-state index contributed by atoms with van der Waals surface area (Å²) < 4.78 is 73.4. The highest BCUT2D eigenvalue weighted by Gasteiger charge is 2.31. The summed E-state index contributed by atoms with van der Waals surface area (Å²) in [7, 11) is -4.18. The van der Waals surface area contributed by atoms with E-state index in [0.29, 0.717) is 44.8 Å². The molecule has 0 atom stereocenters. The Morgan fingerprint density at radius 3 is 2.42 bits per heavy atom. The number of fused-ring (bicyclic) bond motifs is 1. The van der Waals surface area contributed by atoms with E-state index >= 15 is 0 Å². The molecule has 0 aliphatic heterocycles. The van der Waals surface area contributed by atoms with Crippen molar-refractivity contribution < 1.29 is 36.2 Å². The minimum atomic E-state index is -4.51. The highest BCUT2D eigenvalue weighted by Crippen LogP contribution is 2.39. The van der Waals surface area contributed by atoms with Crippen LogP contribution in [0.15, 0.2) is 58.9 Å². The molecule has 2 heterocycles. The monoisotopic (exact) mass is 537 g/mol. The number of hydrogen-bond acceptors (Lipinski definition) is 5. The van der Waals surface area contributed by atoms with Crippen LogP contribution in [0.2, 0.25) is 0 Å². The third-order valence-corrected chi connectivity index (χ3v) is 8.82. The van der Waals surface area contributed by atoms with E-state index < -0.39 is 27.7 Å². The number of aryl methyl sites for hydroxylation is 2. The van der Waals surface area contributed by atoms with Crippen LogP contribution < -0.4 is 4.74 Å². The smallest absolute Gasteiger partial charge is 0.416 e. The predicted molar refractivity (Wildman–Crippen MR) is 131 cm³/mol. The van der Waals surface area contributed by atoms with Gasteiger partial charge in [-0.1, -0.05) is 12.1 Å². The zero-order valence-electron chi connectivity index (χ0n) is 19.3. The molecule has 0 saturated carbocycles. The minimum Gasteiger partial charge on any atom is -0.494 e. The first kappa shape index (κ1) is 25.8. The van der Waals surface area contributed by atoms with Crippen molar-refractivity contribution in [1.82, 2.24) is 3.97 Å². The Morgan fingerprint density at radius 1 is 1.11 bits per heavy atom. The third-order valence-electron chi connectivity index (χ3n) is 5.58. The van der Waals surface area contributed by atoms with Gasteiger partial charge >= 0.3 is 12.1 Å². The number of alkyl halides is 3. The Hall–Kier alpha value is -3.31. The van der Waals surface area contributed by atoms with Crippen LogP contribution in [0.5, 0.6) is 5.75 Å². The molecule has 0 radical (unpaired) electrons. The van der Waals surface area contributed by atoms with Crippen LogP contribution in [-0.2, 0) is 27.4 Å². The molecule has 11 heteroatoms. The van der Waals surface area contributed by atoms with Gasteiger partial charge in [0, 0.05) is 28.4 Å². The van der Waals surface area contributed by atoms with Crippen LogP contribution in [0.4, 0.5) is 13.2 Å². The Morgan fingerprint density at radius 2 is 1.81 bits per heavy atom. The number of nitrogens with zero attached hydrogens (tertiary/aromatic N) is 1. The van der Waals surface area contributed by atoms with E-state index in [-0.39, 0.29) is 17.1 Å². The van der Waals surface area contributed by atoms with E-state index in [4.69, 9.17) is 9.84 Å². The van der Waals surface area contributed by atoms with Crippen LogP contribution in [0.25, 0.3) is 22.0 Å². The molecule has 0 spiro atoms. The van der Waals surface area contributed by atoms with E-state index in [1.807, 2.05) is 6.92 Å². The van der Waals surface area contributed by atoms with E-state index in [1.54, 1.807) is 31.2 Å². The maximum absolute atomic E-state index is 13.9. The summed E-state index contributed by atoms with van der Waals surface area (Å²) in [6, 6.07) is 10.9. The molecule has 36 heavy (non-hydrogen) atoms. The van der Waals surface area contributed by atoms with Crippen molar-refractivity contribution in [2.24, 2.45) is 0 Å².